The molecule has 7 heteroatoms. The van der Waals surface area contributed by atoms with E-state index >= 15 is 0 Å². The molecule has 6 nitrogen and oxygen atoms in total. The maximum Gasteiger partial charge on any atom is 0.408 e. The summed E-state index contributed by atoms with van der Waals surface area (Å²) in [5.74, 6) is -0.0387. The van der Waals surface area contributed by atoms with Gasteiger partial charge in [0.2, 0.25) is 0 Å². The maximum absolute atomic E-state index is 11.5. The van der Waals surface area contributed by atoms with Crippen LogP contribution >= 0.6 is 11.8 Å². The molecule has 0 bridgehead atoms. The van der Waals surface area contributed by atoms with Crippen molar-refractivity contribution in [1.29, 1.82) is 5.26 Å². The third kappa shape index (κ3) is 10.5. The van der Waals surface area contributed by atoms with Gasteiger partial charge in [0, 0.05) is 12.2 Å². The molecule has 2 N–H and O–H groups in total. The number of amides is 1. The van der Waals surface area contributed by atoms with Crippen molar-refractivity contribution in [3.8, 4) is 6.07 Å². The molecule has 0 radical (unpaired) electrons. The molecule has 0 aromatic carbocycles. The zero-order chi connectivity index (χ0) is 15.6. The molecule has 0 spiro atoms. The molecule has 1 atom stereocenters. The van der Waals surface area contributed by atoms with Crippen LogP contribution in [0.2, 0.25) is 0 Å². The van der Waals surface area contributed by atoms with Crippen molar-refractivity contribution < 1.29 is 19.4 Å². The van der Waals surface area contributed by atoms with Crippen LogP contribution in [0.25, 0.3) is 0 Å². The minimum atomic E-state index is -1.08. The van der Waals surface area contributed by atoms with E-state index in [0.717, 1.165) is 18.6 Å². The van der Waals surface area contributed by atoms with Gasteiger partial charge in [-0.2, -0.15) is 17.0 Å². The fraction of sp³-hybridized carbons (Fsp3) is 0.769. The summed E-state index contributed by atoms with van der Waals surface area (Å²) in [6.45, 7) is 5.14. The molecule has 0 aliphatic heterocycles. The first kappa shape index (κ1) is 18.6. The van der Waals surface area contributed by atoms with Crippen LogP contribution in [0.1, 0.15) is 40.0 Å². The summed E-state index contributed by atoms with van der Waals surface area (Å²) in [4.78, 5) is 22.5. The van der Waals surface area contributed by atoms with Crippen molar-refractivity contribution in [2.75, 3.05) is 11.5 Å². The van der Waals surface area contributed by atoms with Crippen LogP contribution in [-0.2, 0) is 9.53 Å². The number of hydrogen-bond donors (Lipinski definition) is 2. The van der Waals surface area contributed by atoms with E-state index in [1.54, 1.807) is 20.8 Å². The number of unbranched alkanes of at least 4 members (excludes halogenated alkanes) is 2. The molecule has 0 saturated carbocycles. The highest BCUT2D eigenvalue weighted by Gasteiger charge is 2.23. The lowest BCUT2D eigenvalue weighted by atomic mass is 10.2. The lowest BCUT2D eigenvalue weighted by molar-refractivity contribution is -0.138. The molecule has 1 unspecified atom stereocenters. The van der Waals surface area contributed by atoms with Gasteiger partial charge in [0.25, 0.3) is 0 Å². The Bertz CT molecular complexity index is 360. The van der Waals surface area contributed by atoms with Gasteiger partial charge in [-0.3, -0.25) is 0 Å². The van der Waals surface area contributed by atoms with E-state index < -0.39 is 23.7 Å². The number of carboxylic acid groups (broad SMARTS) is 1. The molecular formula is C13H22N2O4S. The van der Waals surface area contributed by atoms with Crippen LogP contribution < -0.4 is 5.32 Å². The predicted molar refractivity (Wildman–Crippen MR) is 77.6 cm³/mol. The van der Waals surface area contributed by atoms with Gasteiger partial charge in [-0.05, 0) is 39.4 Å². The van der Waals surface area contributed by atoms with Crippen LogP contribution in [0.3, 0.4) is 0 Å². The molecule has 0 aliphatic carbocycles. The average Bonchev–Trinajstić information content (AvgIpc) is 2.29. The smallest absolute Gasteiger partial charge is 0.408 e. The topological polar surface area (TPSA) is 99.4 Å². The van der Waals surface area contributed by atoms with Gasteiger partial charge < -0.3 is 15.2 Å². The number of nitrogens with zero attached hydrogens (tertiary/aromatic N) is 1. The molecule has 0 fully saturated rings. The van der Waals surface area contributed by atoms with Crippen molar-refractivity contribution in [1.82, 2.24) is 5.32 Å². The fourth-order valence-corrected chi connectivity index (χ4v) is 2.27. The number of alkyl carbamates (subject to hydrolysis) is 1. The van der Waals surface area contributed by atoms with Crippen molar-refractivity contribution in [3.05, 3.63) is 0 Å². The number of hydrogen-bond acceptors (Lipinski definition) is 5. The summed E-state index contributed by atoms with van der Waals surface area (Å²) in [5, 5.41) is 19.8. The molecule has 20 heavy (non-hydrogen) atoms. The number of aliphatic carboxylic acids is 1. The molecule has 0 saturated heterocycles. The highest BCUT2D eigenvalue weighted by molar-refractivity contribution is 7.99. The Labute approximate surface area is 123 Å². The van der Waals surface area contributed by atoms with Gasteiger partial charge in [-0.1, -0.05) is 0 Å². The molecule has 0 aromatic rings. The van der Waals surface area contributed by atoms with E-state index in [-0.39, 0.29) is 5.75 Å². The van der Waals surface area contributed by atoms with E-state index in [1.807, 2.05) is 0 Å². The average molecular weight is 302 g/mol. The molecule has 0 heterocycles. The molecule has 0 rings (SSSR count). The Morgan fingerprint density at radius 1 is 1.40 bits per heavy atom. The third-order valence-electron chi connectivity index (χ3n) is 2.10. The quantitative estimate of drug-likeness (QED) is 0.668. The summed E-state index contributed by atoms with van der Waals surface area (Å²) >= 11 is 1.44. The van der Waals surface area contributed by atoms with Gasteiger partial charge in [0.1, 0.15) is 11.6 Å². The lowest BCUT2D eigenvalue weighted by Crippen LogP contribution is -2.45. The summed E-state index contributed by atoms with van der Waals surface area (Å²) in [5.41, 5.74) is -0.655. The maximum atomic E-state index is 11.5. The SMILES string of the molecule is CC(C)(C)OC(=O)NC(CSCCCCC#N)C(=O)O. The Kier molecular flexibility index (Phi) is 8.81. The second-order valence-corrected chi connectivity index (χ2v) is 6.38. The number of carbonyl (C=O) groups excluding carboxylic acids is 1. The Morgan fingerprint density at radius 2 is 2.05 bits per heavy atom. The number of carboxylic acids is 1. The van der Waals surface area contributed by atoms with Crippen molar-refractivity contribution in [3.63, 3.8) is 0 Å². The van der Waals surface area contributed by atoms with Crippen LogP contribution in [0.4, 0.5) is 4.79 Å². The van der Waals surface area contributed by atoms with Crippen molar-refractivity contribution in [2.24, 2.45) is 0 Å². The highest BCUT2D eigenvalue weighted by atomic mass is 32.2. The minimum Gasteiger partial charge on any atom is -0.480 e. The third-order valence-corrected chi connectivity index (χ3v) is 3.25. The van der Waals surface area contributed by atoms with Crippen LogP contribution in [0.15, 0.2) is 0 Å². The van der Waals surface area contributed by atoms with E-state index in [2.05, 4.69) is 11.4 Å². The molecular weight excluding hydrogens is 280 g/mol. The van der Waals surface area contributed by atoms with Crippen molar-refractivity contribution in [2.45, 2.75) is 51.7 Å². The largest absolute Gasteiger partial charge is 0.480 e. The van der Waals surface area contributed by atoms with Gasteiger partial charge in [0.05, 0.1) is 6.07 Å². The summed E-state index contributed by atoms with van der Waals surface area (Å²) < 4.78 is 5.02. The fourth-order valence-electron chi connectivity index (χ4n) is 1.23. The number of nitrogens with one attached hydrogen (secondary N) is 1. The highest BCUT2D eigenvalue weighted by Crippen LogP contribution is 2.10. The first-order chi connectivity index (χ1) is 9.26. The summed E-state index contributed by atoms with van der Waals surface area (Å²) in [7, 11) is 0. The van der Waals surface area contributed by atoms with Gasteiger partial charge >= 0.3 is 12.1 Å². The van der Waals surface area contributed by atoms with Crippen molar-refractivity contribution >= 4 is 23.8 Å². The Balaban J connectivity index is 4.03. The standard InChI is InChI=1S/C13H22N2O4S/c1-13(2,3)19-12(18)15-10(11(16)17)9-20-8-6-4-5-7-14/h10H,4-6,8-9H2,1-3H3,(H,15,18)(H,16,17). The van der Waals surface area contributed by atoms with E-state index in [0.29, 0.717) is 6.42 Å². The first-order valence-electron chi connectivity index (χ1n) is 6.43. The Hall–Kier alpha value is -1.42. The second-order valence-electron chi connectivity index (χ2n) is 5.23. The predicted octanol–water partition coefficient (Wildman–Crippen LogP) is 2.39. The monoisotopic (exact) mass is 302 g/mol. The minimum absolute atomic E-state index is 0.279. The summed E-state index contributed by atoms with van der Waals surface area (Å²) in [6.07, 6.45) is 1.45. The van der Waals surface area contributed by atoms with Crippen LogP contribution in [0.5, 0.6) is 0 Å². The lowest BCUT2D eigenvalue weighted by Gasteiger charge is -2.21. The summed E-state index contributed by atoms with van der Waals surface area (Å²) in [6, 6.07) is 1.09. The van der Waals surface area contributed by atoms with Gasteiger partial charge in [-0.15, -0.1) is 0 Å². The number of ether oxygens (including phenoxy) is 1. The van der Waals surface area contributed by atoms with Gasteiger partial charge in [0.15, 0.2) is 0 Å². The first-order valence-corrected chi connectivity index (χ1v) is 7.58. The zero-order valence-electron chi connectivity index (χ0n) is 12.1. The normalized spacial score (nSPS) is 12.3. The van der Waals surface area contributed by atoms with Crippen LogP contribution in [-0.4, -0.2) is 40.3 Å². The molecule has 114 valence electrons. The number of rotatable bonds is 8. The van der Waals surface area contributed by atoms with Crippen LogP contribution in [0, 0.1) is 11.3 Å². The Morgan fingerprint density at radius 3 is 2.55 bits per heavy atom. The van der Waals surface area contributed by atoms with Gasteiger partial charge in [-0.25, -0.2) is 9.59 Å². The zero-order valence-corrected chi connectivity index (χ0v) is 13.0. The van der Waals surface area contributed by atoms with E-state index in [9.17, 15) is 9.59 Å². The number of carbonyl (C=O) groups is 2. The number of thioether (sulfide) groups is 1. The molecule has 0 aliphatic rings. The number of nitriles is 1. The van der Waals surface area contributed by atoms with E-state index in [4.69, 9.17) is 15.1 Å². The second kappa shape index (κ2) is 9.48. The van der Waals surface area contributed by atoms with E-state index in [1.165, 1.54) is 11.8 Å². The molecule has 0 aromatic heterocycles. The molecule has 1 amide bonds.